The molecule has 0 saturated carbocycles. The van der Waals surface area contributed by atoms with Gasteiger partial charge in [0.25, 0.3) is 17.7 Å². The van der Waals surface area contributed by atoms with Gasteiger partial charge in [0.15, 0.2) is 17.2 Å². The first kappa shape index (κ1) is 37.7. The van der Waals surface area contributed by atoms with E-state index in [9.17, 15) is 32.3 Å². The van der Waals surface area contributed by atoms with E-state index in [1.54, 1.807) is 32.3 Å². The number of rotatable bonds is 12. The fourth-order valence-corrected chi connectivity index (χ4v) is 6.25. The molecule has 4 N–H and O–H groups in total. The van der Waals surface area contributed by atoms with E-state index in [2.05, 4.69) is 15.7 Å². The number of alkyl halides is 3. The minimum Gasteiger partial charge on any atom is -0.497 e. The Morgan fingerprint density at radius 3 is 2.46 bits per heavy atom. The first-order valence-corrected chi connectivity index (χ1v) is 17.0. The number of fused-ring (bicyclic) bond motifs is 2. The van der Waals surface area contributed by atoms with Crippen molar-refractivity contribution in [1.82, 2.24) is 25.3 Å². The van der Waals surface area contributed by atoms with Crippen LogP contribution in [0.15, 0.2) is 60.7 Å². The van der Waals surface area contributed by atoms with Gasteiger partial charge in [-0.2, -0.15) is 18.3 Å². The fraction of sp³-hybridized carbons (Fsp3) is 0.324. The Balaban J connectivity index is 1.33. The monoisotopic (exact) mass is 749 g/mol. The van der Waals surface area contributed by atoms with Crippen molar-refractivity contribution in [2.24, 2.45) is 5.73 Å². The Morgan fingerprint density at radius 1 is 1.04 bits per heavy atom. The van der Waals surface area contributed by atoms with Gasteiger partial charge in [0.05, 0.1) is 18.4 Å². The number of nitrogens with zero attached hydrogens (tertiary/aromatic N) is 4. The summed E-state index contributed by atoms with van der Waals surface area (Å²) < 4.78 is 60.2. The molecule has 0 unspecified atom stereocenters. The van der Waals surface area contributed by atoms with Crippen LogP contribution >= 0.6 is 0 Å². The summed E-state index contributed by atoms with van der Waals surface area (Å²) in [5, 5.41) is 9.37. The number of nitrogens with two attached hydrogens (primary N) is 1. The standard InChI is InChI=1S/C37H38F3N7O7/c1-45(2)35(50)22-7-9-23(10-8-22)46-16-14-25-31(36(46)51)47(44-32(25)37(38,39)40)28-12-11-24(52-3)18-26(28)33(48)43-27(5-4-15-41)34(49)42-19-21-6-13-29-30(17-21)54-20-53-29/h6-13,17-18,27H,4-5,14-16,19-20,41H2,1-3H3,(H,42,49)(H,43,48)/t27-/m0/s1. The second kappa shape index (κ2) is 15.5. The second-order valence-electron chi connectivity index (χ2n) is 12.8. The lowest BCUT2D eigenvalue weighted by atomic mass is 10.0. The fourth-order valence-electron chi connectivity index (χ4n) is 6.25. The molecule has 284 valence electrons. The third kappa shape index (κ3) is 7.66. The number of methoxy groups -OCH3 is 1. The lowest BCUT2D eigenvalue weighted by Gasteiger charge is -2.28. The Labute approximate surface area is 307 Å². The average Bonchev–Trinajstić information content (AvgIpc) is 3.80. The molecule has 0 aliphatic carbocycles. The molecule has 1 atom stereocenters. The maximum atomic E-state index is 14.5. The first-order valence-electron chi connectivity index (χ1n) is 17.0. The molecule has 54 heavy (non-hydrogen) atoms. The number of hydrogen-bond donors (Lipinski definition) is 3. The molecular weight excluding hydrogens is 711 g/mol. The third-order valence-electron chi connectivity index (χ3n) is 9.02. The molecule has 4 amide bonds. The molecule has 3 heterocycles. The van der Waals surface area contributed by atoms with Gasteiger partial charge in [-0.25, -0.2) is 4.68 Å². The molecule has 4 aromatic rings. The number of ether oxygens (including phenoxy) is 3. The van der Waals surface area contributed by atoms with Gasteiger partial charge in [-0.05, 0) is 86.0 Å². The highest BCUT2D eigenvalue weighted by atomic mass is 19.4. The van der Waals surface area contributed by atoms with Crippen LogP contribution in [0.4, 0.5) is 18.9 Å². The predicted octanol–water partition coefficient (Wildman–Crippen LogP) is 3.69. The number of aromatic nitrogens is 2. The van der Waals surface area contributed by atoms with Crippen LogP contribution in [0.5, 0.6) is 17.2 Å². The zero-order valence-corrected chi connectivity index (χ0v) is 29.7. The van der Waals surface area contributed by atoms with Crippen molar-refractivity contribution in [1.29, 1.82) is 0 Å². The van der Waals surface area contributed by atoms with Gasteiger partial charge in [-0.3, -0.25) is 19.2 Å². The Kier molecular flexibility index (Phi) is 10.8. The van der Waals surface area contributed by atoms with E-state index >= 15 is 0 Å². The molecule has 0 spiro atoms. The van der Waals surface area contributed by atoms with E-state index in [1.807, 2.05) is 0 Å². The van der Waals surface area contributed by atoms with Crippen LogP contribution in [0, 0.1) is 0 Å². The molecule has 14 nitrogen and oxygen atoms in total. The van der Waals surface area contributed by atoms with E-state index in [4.69, 9.17) is 19.9 Å². The van der Waals surface area contributed by atoms with Gasteiger partial charge in [-0.1, -0.05) is 6.07 Å². The zero-order chi connectivity index (χ0) is 38.7. The molecule has 1 aromatic heterocycles. The maximum Gasteiger partial charge on any atom is 0.435 e. The lowest BCUT2D eigenvalue weighted by Crippen LogP contribution is -2.47. The SMILES string of the molecule is COc1ccc(-n2nc(C(F)(F)F)c3c2C(=O)N(c2ccc(C(=O)N(C)C)cc2)CC3)c(C(=O)N[C@@H](CCCN)C(=O)NCc2ccc3c(c2)OCO3)c1. The minimum atomic E-state index is -4.93. The summed E-state index contributed by atoms with van der Waals surface area (Å²) in [6.45, 7) is 0.312. The molecule has 2 aliphatic heterocycles. The molecule has 6 rings (SSSR count). The third-order valence-corrected chi connectivity index (χ3v) is 9.02. The molecule has 0 radical (unpaired) electrons. The number of hydrogen-bond acceptors (Lipinski definition) is 9. The Morgan fingerprint density at radius 2 is 1.78 bits per heavy atom. The van der Waals surface area contributed by atoms with Crippen LogP contribution in [0.1, 0.15) is 60.9 Å². The Hall–Kier alpha value is -6.10. The summed E-state index contributed by atoms with van der Waals surface area (Å²) in [7, 11) is 4.54. The minimum absolute atomic E-state index is 0.0874. The van der Waals surface area contributed by atoms with Gasteiger partial charge in [0.1, 0.15) is 17.5 Å². The van der Waals surface area contributed by atoms with Crippen molar-refractivity contribution in [3.8, 4) is 22.9 Å². The van der Waals surface area contributed by atoms with Crippen molar-refractivity contribution in [2.75, 3.05) is 46.0 Å². The summed E-state index contributed by atoms with van der Waals surface area (Å²) in [4.78, 5) is 56.8. The summed E-state index contributed by atoms with van der Waals surface area (Å²) in [6.07, 6.45) is -4.61. The van der Waals surface area contributed by atoms with E-state index in [-0.39, 0.29) is 73.4 Å². The first-order chi connectivity index (χ1) is 25.8. The summed E-state index contributed by atoms with van der Waals surface area (Å²) in [5.41, 5.74) is 4.83. The van der Waals surface area contributed by atoms with Gasteiger partial charge < -0.3 is 40.4 Å². The largest absolute Gasteiger partial charge is 0.497 e. The van der Waals surface area contributed by atoms with E-state index < -0.39 is 35.6 Å². The molecule has 3 aromatic carbocycles. The molecule has 17 heteroatoms. The molecule has 0 fully saturated rings. The summed E-state index contributed by atoms with van der Waals surface area (Å²) in [6, 6.07) is 14.3. The highest BCUT2D eigenvalue weighted by Gasteiger charge is 2.44. The van der Waals surface area contributed by atoms with Crippen molar-refractivity contribution >= 4 is 29.3 Å². The zero-order valence-electron chi connectivity index (χ0n) is 29.7. The number of anilines is 1. The number of carbonyl (C=O) groups excluding carboxylic acids is 4. The smallest absolute Gasteiger partial charge is 0.435 e. The predicted molar refractivity (Wildman–Crippen MR) is 189 cm³/mol. The molecular formula is C37H38F3N7O7. The number of halogens is 3. The van der Waals surface area contributed by atoms with E-state index in [0.717, 1.165) is 4.68 Å². The highest BCUT2D eigenvalue weighted by molar-refractivity contribution is 6.08. The summed E-state index contributed by atoms with van der Waals surface area (Å²) >= 11 is 0. The average molecular weight is 750 g/mol. The summed E-state index contributed by atoms with van der Waals surface area (Å²) in [5.74, 6) is -1.12. The second-order valence-corrected chi connectivity index (χ2v) is 12.8. The van der Waals surface area contributed by atoms with Crippen molar-refractivity contribution in [2.45, 2.75) is 38.0 Å². The number of amides is 4. The van der Waals surface area contributed by atoms with Gasteiger partial charge >= 0.3 is 6.18 Å². The van der Waals surface area contributed by atoms with Crippen LogP contribution in [-0.4, -0.2) is 85.4 Å². The lowest BCUT2D eigenvalue weighted by molar-refractivity contribution is -0.142. The van der Waals surface area contributed by atoms with Crippen LogP contribution in [0.2, 0.25) is 0 Å². The molecule has 0 bridgehead atoms. The van der Waals surface area contributed by atoms with Crippen LogP contribution in [0.3, 0.4) is 0 Å². The van der Waals surface area contributed by atoms with Crippen LogP contribution < -0.4 is 35.5 Å². The van der Waals surface area contributed by atoms with Gasteiger partial charge in [0, 0.05) is 44.0 Å². The van der Waals surface area contributed by atoms with E-state index in [0.29, 0.717) is 34.7 Å². The van der Waals surface area contributed by atoms with Gasteiger partial charge in [0.2, 0.25) is 12.7 Å². The van der Waals surface area contributed by atoms with Gasteiger partial charge in [-0.15, -0.1) is 0 Å². The number of nitrogens with one attached hydrogen (secondary N) is 2. The molecule has 0 saturated heterocycles. The Bertz CT molecular complexity index is 2080. The normalized spacial score (nSPS) is 14.0. The van der Waals surface area contributed by atoms with E-state index in [1.165, 1.54) is 59.4 Å². The highest BCUT2D eigenvalue weighted by Crippen LogP contribution is 2.38. The van der Waals surface area contributed by atoms with Crippen LogP contribution in [-0.2, 0) is 23.9 Å². The van der Waals surface area contributed by atoms with Crippen molar-refractivity contribution in [3.63, 3.8) is 0 Å². The maximum absolute atomic E-state index is 14.5. The topological polar surface area (TPSA) is 170 Å². The number of benzene rings is 3. The number of carbonyl (C=O) groups is 4. The van der Waals surface area contributed by atoms with Crippen molar-refractivity contribution in [3.05, 3.63) is 94.3 Å². The van der Waals surface area contributed by atoms with Crippen LogP contribution in [0.25, 0.3) is 5.69 Å². The quantitative estimate of drug-likeness (QED) is 0.196. The molecule has 2 aliphatic rings. The van der Waals surface area contributed by atoms with Crippen molar-refractivity contribution < 1.29 is 46.6 Å².